The third-order valence-electron chi connectivity index (χ3n) is 6.02. The van der Waals surface area contributed by atoms with Crippen molar-refractivity contribution in [3.63, 3.8) is 0 Å². The highest BCUT2D eigenvalue weighted by Crippen LogP contribution is 2.43. The first-order chi connectivity index (χ1) is 18.9. The Balaban J connectivity index is 1.58. The zero-order chi connectivity index (χ0) is 27.8. The molecule has 0 aromatic heterocycles. The van der Waals surface area contributed by atoms with Crippen LogP contribution in [0.1, 0.15) is 24.0 Å². The van der Waals surface area contributed by atoms with E-state index in [-0.39, 0.29) is 23.8 Å². The second-order valence-corrected chi connectivity index (χ2v) is 9.99. The Morgan fingerprint density at radius 2 is 1.74 bits per heavy atom. The number of methoxy groups -OCH3 is 1. The number of thioether (sulfide) groups is 1. The van der Waals surface area contributed by atoms with Crippen LogP contribution in [0.2, 0.25) is 5.02 Å². The van der Waals surface area contributed by atoms with Gasteiger partial charge in [-0.1, -0.05) is 71.9 Å². The van der Waals surface area contributed by atoms with Crippen LogP contribution in [0.5, 0.6) is 5.75 Å². The van der Waals surface area contributed by atoms with Crippen molar-refractivity contribution in [1.29, 1.82) is 5.26 Å². The van der Waals surface area contributed by atoms with E-state index in [9.17, 15) is 14.9 Å². The Morgan fingerprint density at radius 1 is 1.05 bits per heavy atom. The third-order valence-corrected chi connectivity index (χ3v) is 7.38. The number of ether oxygens (including phenoxy) is 2. The van der Waals surface area contributed by atoms with Crippen LogP contribution >= 0.6 is 23.4 Å². The highest BCUT2D eigenvalue weighted by molar-refractivity contribution is 8.03. The maximum Gasteiger partial charge on any atom is 0.337 e. The molecule has 2 N–H and O–H groups in total. The van der Waals surface area contributed by atoms with Crippen molar-refractivity contribution < 1.29 is 19.1 Å². The summed E-state index contributed by atoms with van der Waals surface area (Å²) in [5.74, 6) is -0.844. The number of nitrogens with zero attached hydrogens (tertiary/aromatic N) is 1. The molecule has 1 atom stereocenters. The molecule has 0 aliphatic carbocycles. The average molecular weight is 560 g/mol. The van der Waals surface area contributed by atoms with Gasteiger partial charge in [0, 0.05) is 16.4 Å². The van der Waals surface area contributed by atoms with Crippen molar-refractivity contribution in [2.24, 2.45) is 0 Å². The number of carbonyl (C=O) groups is 2. The lowest BCUT2D eigenvalue weighted by Gasteiger charge is -2.29. The summed E-state index contributed by atoms with van der Waals surface area (Å²) in [5.41, 5.74) is 3.17. The monoisotopic (exact) mass is 559 g/mol. The molecule has 0 saturated carbocycles. The van der Waals surface area contributed by atoms with Crippen molar-refractivity contribution in [2.75, 3.05) is 18.2 Å². The van der Waals surface area contributed by atoms with Gasteiger partial charge in [-0.15, -0.1) is 0 Å². The van der Waals surface area contributed by atoms with E-state index in [2.05, 4.69) is 16.7 Å². The van der Waals surface area contributed by atoms with E-state index in [0.717, 1.165) is 5.56 Å². The number of allylic oxidation sites excluding steroid dienone is 2. The summed E-state index contributed by atoms with van der Waals surface area (Å²) in [7, 11) is 1.57. The zero-order valence-corrected chi connectivity index (χ0v) is 22.9. The summed E-state index contributed by atoms with van der Waals surface area (Å²) in [6, 6.07) is 25.7. The molecule has 0 spiro atoms. The Hall–Kier alpha value is -4.19. The average Bonchev–Trinajstić information content (AvgIpc) is 2.95. The second-order valence-electron chi connectivity index (χ2n) is 8.60. The molecule has 0 saturated heterocycles. The molecule has 0 bridgehead atoms. The van der Waals surface area contributed by atoms with Crippen LogP contribution in [-0.2, 0) is 20.9 Å². The first-order valence-electron chi connectivity index (χ1n) is 12.1. The molecule has 1 amide bonds. The maximum atomic E-state index is 13.4. The highest BCUT2D eigenvalue weighted by Gasteiger charge is 2.36. The molecule has 9 heteroatoms. The van der Waals surface area contributed by atoms with Crippen LogP contribution in [0.15, 0.2) is 101 Å². The smallest absolute Gasteiger partial charge is 0.337 e. The molecule has 3 aromatic carbocycles. The van der Waals surface area contributed by atoms with E-state index in [1.54, 1.807) is 62.6 Å². The van der Waals surface area contributed by atoms with Gasteiger partial charge in [-0.05, 0) is 48.4 Å². The Bertz CT molecular complexity index is 1460. The minimum Gasteiger partial charge on any atom is -0.497 e. The SMILES string of the molecule is COc1ccc(NC(=O)CSC2=C(C#N)C(c3ccccc3Cl)C(C(=O)OCc3ccccc3)=C(C)N2)cc1. The number of halogens is 1. The number of carbonyl (C=O) groups excluding carboxylic acids is 2. The highest BCUT2D eigenvalue weighted by atomic mass is 35.5. The quantitative estimate of drug-likeness (QED) is 0.303. The van der Waals surface area contributed by atoms with Crippen molar-refractivity contribution >= 4 is 40.9 Å². The Kier molecular flexibility index (Phi) is 9.31. The number of nitrogens with one attached hydrogen (secondary N) is 2. The minimum absolute atomic E-state index is 0.0376. The molecule has 1 unspecified atom stereocenters. The molecule has 7 nitrogen and oxygen atoms in total. The van der Waals surface area contributed by atoms with E-state index in [0.29, 0.717) is 38.3 Å². The number of benzene rings is 3. The Labute approximate surface area is 236 Å². The Morgan fingerprint density at radius 3 is 2.41 bits per heavy atom. The largest absolute Gasteiger partial charge is 0.497 e. The molecule has 39 heavy (non-hydrogen) atoms. The summed E-state index contributed by atoms with van der Waals surface area (Å²) in [4.78, 5) is 26.1. The van der Waals surface area contributed by atoms with Crippen LogP contribution in [0.4, 0.5) is 5.69 Å². The van der Waals surface area contributed by atoms with Gasteiger partial charge in [0.05, 0.1) is 41.0 Å². The van der Waals surface area contributed by atoms with E-state index in [1.807, 2.05) is 30.3 Å². The van der Waals surface area contributed by atoms with E-state index in [4.69, 9.17) is 21.1 Å². The standard InChI is InChI=1S/C30H26ClN3O4S/c1-19-27(30(36)38-17-20-8-4-3-5-9-20)28(23-10-6-7-11-25(23)31)24(16-32)29(33-19)39-18-26(35)34-21-12-14-22(37-2)15-13-21/h3-15,28,33H,17-18H2,1-2H3,(H,34,35). The van der Waals surface area contributed by atoms with Gasteiger partial charge < -0.3 is 20.1 Å². The van der Waals surface area contributed by atoms with Crippen molar-refractivity contribution in [3.8, 4) is 11.8 Å². The van der Waals surface area contributed by atoms with Crippen LogP contribution in [0.25, 0.3) is 0 Å². The molecule has 198 valence electrons. The fraction of sp³-hybridized carbons (Fsp3) is 0.167. The van der Waals surface area contributed by atoms with E-state index >= 15 is 0 Å². The number of anilines is 1. The van der Waals surface area contributed by atoms with Gasteiger partial charge in [0.1, 0.15) is 12.4 Å². The molecule has 4 rings (SSSR count). The maximum absolute atomic E-state index is 13.4. The fourth-order valence-electron chi connectivity index (χ4n) is 4.13. The third kappa shape index (κ3) is 6.82. The molecule has 1 heterocycles. The molecular formula is C30H26ClN3O4S. The van der Waals surface area contributed by atoms with Crippen LogP contribution in [-0.4, -0.2) is 24.7 Å². The topological polar surface area (TPSA) is 100 Å². The van der Waals surface area contributed by atoms with Gasteiger partial charge in [0.15, 0.2) is 0 Å². The van der Waals surface area contributed by atoms with Crippen LogP contribution in [0, 0.1) is 11.3 Å². The number of esters is 1. The summed E-state index contributed by atoms with van der Waals surface area (Å²) < 4.78 is 10.8. The number of hydrogen-bond acceptors (Lipinski definition) is 7. The van der Waals surface area contributed by atoms with Crippen molar-refractivity contribution in [3.05, 3.63) is 117 Å². The summed E-state index contributed by atoms with van der Waals surface area (Å²) in [5, 5.41) is 17.1. The molecular weight excluding hydrogens is 534 g/mol. The second kappa shape index (κ2) is 13.1. The lowest BCUT2D eigenvalue weighted by Crippen LogP contribution is -2.29. The van der Waals surface area contributed by atoms with Crippen molar-refractivity contribution in [2.45, 2.75) is 19.4 Å². The molecule has 0 radical (unpaired) electrons. The summed E-state index contributed by atoms with van der Waals surface area (Å²) in [6.07, 6.45) is 0. The summed E-state index contributed by atoms with van der Waals surface area (Å²) >= 11 is 7.73. The van der Waals surface area contributed by atoms with Crippen LogP contribution in [0.3, 0.4) is 0 Å². The van der Waals surface area contributed by atoms with Gasteiger partial charge in [0.2, 0.25) is 5.91 Å². The van der Waals surface area contributed by atoms with Crippen LogP contribution < -0.4 is 15.4 Å². The van der Waals surface area contributed by atoms with Gasteiger partial charge in [-0.2, -0.15) is 5.26 Å². The first-order valence-corrected chi connectivity index (χ1v) is 13.4. The predicted molar refractivity (Wildman–Crippen MR) is 153 cm³/mol. The van der Waals surface area contributed by atoms with Gasteiger partial charge in [-0.3, -0.25) is 4.79 Å². The number of amides is 1. The predicted octanol–water partition coefficient (Wildman–Crippen LogP) is 6.16. The fourth-order valence-corrected chi connectivity index (χ4v) is 5.26. The number of hydrogen-bond donors (Lipinski definition) is 2. The van der Waals surface area contributed by atoms with E-state index in [1.165, 1.54) is 11.8 Å². The first kappa shape index (κ1) is 27.8. The molecule has 1 aliphatic heterocycles. The molecule has 0 fully saturated rings. The minimum atomic E-state index is -0.764. The number of rotatable bonds is 9. The normalized spacial score (nSPS) is 14.8. The lowest BCUT2D eigenvalue weighted by molar-refractivity contribution is -0.140. The van der Waals surface area contributed by atoms with Crippen molar-refractivity contribution in [1.82, 2.24) is 5.32 Å². The van der Waals surface area contributed by atoms with E-state index < -0.39 is 11.9 Å². The van der Waals surface area contributed by atoms with Gasteiger partial charge >= 0.3 is 5.97 Å². The number of nitriles is 1. The lowest BCUT2D eigenvalue weighted by atomic mass is 9.82. The van der Waals surface area contributed by atoms with Gasteiger partial charge in [-0.25, -0.2) is 4.79 Å². The summed E-state index contributed by atoms with van der Waals surface area (Å²) in [6.45, 7) is 1.83. The molecule has 3 aromatic rings. The molecule has 1 aliphatic rings. The van der Waals surface area contributed by atoms with Gasteiger partial charge in [0.25, 0.3) is 0 Å². The zero-order valence-electron chi connectivity index (χ0n) is 21.4. The number of dihydropyridines is 1.